The van der Waals surface area contributed by atoms with Crippen molar-refractivity contribution in [1.29, 1.82) is 0 Å². The molecule has 0 atom stereocenters. The van der Waals surface area contributed by atoms with E-state index in [4.69, 9.17) is 0 Å². The van der Waals surface area contributed by atoms with Crippen molar-refractivity contribution in [3.63, 3.8) is 0 Å². The minimum Gasteiger partial charge on any atom is -0.463 e. The summed E-state index contributed by atoms with van der Waals surface area (Å²) in [5.74, 6) is -1.50. The van der Waals surface area contributed by atoms with Crippen LogP contribution in [0.2, 0.25) is 0 Å². The molecule has 0 aliphatic carbocycles. The highest BCUT2D eigenvalue weighted by Gasteiger charge is 2.25. The number of hydrogen-bond acceptors (Lipinski definition) is 3. The van der Waals surface area contributed by atoms with Gasteiger partial charge in [-0.1, -0.05) is 41.5 Å². The summed E-state index contributed by atoms with van der Waals surface area (Å²) >= 11 is 0. The Balaban J connectivity index is 2.30. The van der Waals surface area contributed by atoms with E-state index in [0.29, 0.717) is 11.3 Å². The largest absolute Gasteiger partial charge is 0.463 e. The molecule has 0 aliphatic heterocycles. The Morgan fingerprint density at radius 3 is 2.26 bits per heavy atom. The molecular formula is C19H17NO3. The van der Waals surface area contributed by atoms with E-state index in [1.165, 1.54) is 7.11 Å². The molecule has 3 aromatic rings. The number of hydrogen-bond donors (Lipinski definition) is 1. The highest BCUT2D eigenvalue weighted by molar-refractivity contribution is 6.44. The van der Waals surface area contributed by atoms with Gasteiger partial charge in [0.2, 0.25) is 0 Å². The second kappa shape index (κ2) is 5.72. The lowest BCUT2D eigenvalue weighted by molar-refractivity contribution is -0.135. The lowest BCUT2D eigenvalue weighted by atomic mass is 10.00. The van der Waals surface area contributed by atoms with E-state index < -0.39 is 11.8 Å². The van der Waals surface area contributed by atoms with Gasteiger partial charge in [0.25, 0.3) is 5.78 Å². The fraction of sp³-hybridized carbons (Fsp3) is 0.158. The number of ether oxygens (including phenoxy) is 1. The summed E-state index contributed by atoms with van der Waals surface area (Å²) in [4.78, 5) is 27.6. The Labute approximate surface area is 134 Å². The van der Waals surface area contributed by atoms with Crippen molar-refractivity contribution in [3.05, 3.63) is 59.2 Å². The van der Waals surface area contributed by atoms with Crippen molar-refractivity contribution in [3.8, 4) is 11.3 Å². The molecule has 0 unspecified atom stereocenters. The number of methoxy groups -OCH3 is 1. The van der Waals surface area contributed by atoms with Crippen molar-refractivity contribution >= 4 is 22.7 Å². The van der Waals surface area contributed by atoms with Crippen LogP contribution in [0.15, 0.2) is 42.5 Å². The monoisotopic (exact) mass is 307 g/mol. The van der Waals surface area contributed by atoms with Crippen molar-refractivity contribution < 1.29 is 14.3 Å². The summed E-state index contributed by atoms with van der Waals surface area (Å²) in [5, 5.41) is 0.732. The van der Waals surface area contributed by atoms with Crippen LogP contribution in [0.3, 0.4) is 0 Å². The van der Waals surface area contributed by atoms with Gasteiger partial charge in [-0.3, -0.25) is 4.79 Å². The number of nitrogens with one attached hydrogen (secondary N) is 1. The van der Waals surface area contributed by atoms with Crippen LogP contribution in [0, 0.1) is 13.8 Å². The van der Waals surface area contributed by atoms with Crippen molar-refractivity contribution in [2.24, 2.45) is 0 Å². The maximum Gasteiger partial charge on any atom is 0.379 e. The van der Waals surface area contributed by atoms with E-state index in [0.717, 1.165) is 27.6 Å². The zero-order valence-electron chi connectivity index (χ0n) is 13.3. The van der Waals surface area contributed by atoms with E-state index in [9.17, 15) is 9.59 Å². The summed E-state index contributed by atoms with van der Waals surface area (Å²) in [6.45, 7) is 3.95. The number of H-pyrrole nitrogens is 1. The van der Waals surface area contributed by atoms with Crippen molar-refractivity contribution in [2.75, 3.05) is 7.11 Å². The zero-order chi connectivity index (χ0) is 16.6. The van der Waals surface area contributed by atoms with Gasteiger partial charge in [-0.05, 0) is 31.5 Å². The molecule has 1 aromatic heterocycles. The van der Waals surface area contributed by atoms with Gasteiger partial charge in [0, 0.05) is 10.9 Å². The molecule has 0 saturated heterocycles. The average Bonchev–Trinajstić information content (AvgIpc) is 2.92. The molecule has 2 aromatic carbocycles. The molecule has 0 amide bonds. The normalized spacial score (nSPS) is 10.7. The Morgan fingerprint density at radius 1 is 0.957 bits per heavy atom. The predicted octanol–water partition coefficient (Wildman–Crippen LogP) is 3.81. The quantitative estimate of drug-likeness (QED) is 0.455. The van der Waals surface area contributed by atoms with E-state index >= 15 is 0 Å². The lowest BCUT2D eigenvalue weighted by Crippen LogP contribution is -2.16. The number of carbonyl (C=O) groups is 2. The van der Waals surface area contributed by atoms with Crippen LogP contribution < -0.4 is 0 Å². The van der Waals surface area contributed by atoms with Gasteiger partial charge in [-0.2, -0.15) is 0 Å². The standard InChI is InChI=1S/C19H17NO3/c1-11-4-7-13(8-5-11)17-16(18(21)19(22)23-3)14-10-12(2)6-9-15(14)20-17/h4-10,20H,1-3H3. The van der Waals surface area contributed by atoms with Crippen LogP contribution in [0.5, 0.6) is 0 Å². The number of fused-ring (bicyclic) bond motifs is 1. The number of carbonyl (C=O) groups excluding carboxylic acids is 2. The number of rotatable bonds is 3. The molecule has 0 spiro atoms. The molecule has 0 aliphatic rings. The smallest absolute Gasteiger partial charge is 0.379 e. The zero-order valence-corrected chi connectivity index (χ0v) is 13.3. The number of aryl methyl sites for hydroxylation is 2. The van der Waals surface area contributed by atoms with Crippen LogP contribution in [0.4, 0.5) is 0 Å². The summed E-state index contributed by atoms with van der Waals surface area (Å²) < 4.78 is 4.62. The number of aromatic amines is 1. The summed E-state index contributed by atoms with van der Waals surface area (Å²) in [5.41, 5.74) is 4.82. The maximum absolute atomic E-state index is 12.5. The topological polar surface area (TPSA) is 59.2 Å². The molecule has 1 heterocycles. The third kappa shape index (κ3) is 2.63. The number of ketones is 1. The van der Waals surface area contributed by atoms with Gasteiger partial charge < -0.3 is 9.72 Å². The molecule has 0 bridgehead atoms. The Hall–Kier alpha value is -2.88. The molecule has 4 nitrogen and oxygen atoms in total. The van der Waals surface area contributed by atoms with E-state index in [2.05, 4.69) is 9.72 Å². The second-order valence-corrected chi connectivity index (χ2v) is 5.61. The molecule has 23 heavy (non-hydrogen) atoms. The first-order valence-electron chi connectivity index (χ1n) is 7.33. The molecule has 0 radical (unpaired) electrons. The van der Waals surface area contributed by atoms with Gasteiger partial charge in [0.15, 0.2) is 0 Å². The third-order valence-corrected chi connectivity index (χ3v) is 3.89. The molecule has 0 saturated carbocycles. The Kier molecular flexibility index (Phi) is 3.74. The first-order chi connectivity index (χ1) is 11.0. The minimum absolute atomic E-state index is 0.361. The van der Waals surface area contributed by atoms with Crippen LogP contribution in [-0.4, -0.2) is 23.8 Å². The number of aromatic nitrogens is 1. The second-order valence-electron chi connectivity index (χ2n) is 5.61. The highest BCUT2D eigenvalue weighted by atomic mass is 16.5. The fourth-order valence-electron chi connectivity index (χ4n) is 2.67. The van der Waals surface area contributed by atoms with Crippen molar-refractivity contribution in [2.45, 2.75) is 13.8 Å². The third-order valence-electron chi connectivity index (χ3n) is 3.89. The Morgan fingerprint density at radius 2 is 1.61 bits per heavy atom. The van der Waals surface area contributed by atoms with Crippen LogP contribution in [-0.2, 0) is 9.53 Å². The van der Waals surface area contributed by atoms with E-state index in [1.54, 1.807) is 0 Å². The first-order valence-corrected chi connectivity index (χ1v) is 7.33. The number of benzene rings is 2. The van der Waals surface area contributed by atoms with Gasteiger partial charge in [-0.25, -0.2) is 4.79 Å². The van der Waals surface area contributed by atoms with Crippen LogP contribution >= 0.6 is 0 Å². The lowest BCUT2D eigenvalue weighted by Gasteiger charge is -2.04. The summed E-state index contributed by atoms with van der Waals surface area (Å²) in [6.07, 6.45) is 0. The van der Waals surface area contributed by atoms with Gasteiger partial charge in [0.05, 0.1) is 18.4 Å². The number of Topliss-reactive ketones (excluding diaryl/α,β-unsaturated/α-hetero) is 1. The van der Waals surface area contributed by atoms with Crippen molar-refractivity contribution in [1.82, 2.24) is 4.98 Å². The first kappa shape index (κ1) is 15.0. The fourth-order valence-corrected chi connectivity index (χ4v) is 2.67. The molecule has 3 rings (SSSR count). The SMILES string of the molecule is COC(=O)C(=O)c1c(-c2ccc(C)cc2)[nH]c2ccc(C)cc12. The van der Waals surface area contributed by atoms with E-state index in [-0.39, 0.29) is 0 Å². The van der Waals surface area contributed by atoms with E-state index in [1.807, 2.05) is 56.3 Å². The van der Waals surface area contributed by atoms with Gasteiger partial charge in [0.1, 0.15) is 0 Å². The maximum atomic E-state index is 12.5. The Bertz CT molecular complexity index is 904. The number of esters is 1. The molecule has 116 valence electrons. The summed E-state index contributed by atoms with van der Waals surface area (Å²) in [6, 6.07) is 13.6. The molecule has 0 fully saturated rings. The van der Waals surface area contributed by atoms with Crippen LogP contribution in [0.25, 0.3) is 22.2 Å². The molecule has 4 heteroatoms. The molecular weight excluding hydrogens is 290 g/mol. The van der Waals surface area contributed by atoms with Crippen LogP contribution in [0.1, 0.15) is 21.5 Å². The molecule has 1 N–H and O–H groups in total. The predicted molar refractivity (Wildman–Crippen MR) is 89.6 cm³/mol. The van der Waals surface area contributed by atoms with Gasteiger partial charge >= 0.3 is 5.97 Å². The van der Waals surface area contributed by atoms with Gasteiger partial charge in [-0.15, -0.1) is 0 Å². The summed E-state index contributed by atoms with van der Waals surface area (Å²) in [7, 11) is 1.21. The highest BCUT2D eigenvalue weighted by Crippen LogP contribution is 2.31. The minimum atomic E-state index is -0.860. The average molecular weight is 307 g/mol.